The molecule has 292 valence electrons. The molecule has 4 aromatic rings. The molecule has 0 spiro atoms. The lowest BCUT2D eigenvalue weighted by atomic mass is 9.94. The molecule has 0 N–H and O–H groups in total. The van der Waals surface area contributed by atoms with E-state index in [1.807, 2.05) is 121 Å². The normalized spacial score (nSPS) is 30.0. The van der Waals surface area contributed by atoms with Gasteiger partial charge in [0, 0.05) is 22.5 Å². The highest BCUT2D eigenvalue weighted by Crippen LogP contribution is 2.39. The summed E-state index contributed by atoms with van der Waals surface area (Å²) in [5.41, 5.74) is 23.3. The molecule has 0 radical (unpaired) electrons. The predicted octanol–water partition coefficient (Wildman–Crippen LogP) is 7.33. The van der Waals surface area contributed by atoms with Crippen LogP contribution in [-0.2, 0) is 62.5 Å². The quantitative estimate of drug-likeness (QED) is 0.0641. The van der Waals surface area contributed by atoms with E-state index in [4.69, 9.17) is 42.6 Å². The van der Waals surface area contributed by atoms with Crippen LogP contribution in [0.5, 0.6) is 0 Å². The van der Waals surface area contributed by atoms with Crippen LogP contribution in [0.25, 0.3) is 20.9 Å². The first-order chi connectivity index (χ1) is 27.6. The van der Waals surface area contributed by atoms with Crippen LogP contribution in [0.15, 0.2) is 132 Å². The van der Waals surface area contributed by atoms with Gasteiger partial charge in [-0.15, -0.1) is 0 Å². The first kappa shape index (κ1) is 39.4. The number of fused-ring (bicyclic) bond motifs is 1. The van der Waals surface area contributed by atoms with Crippen LogP contribution in [0.3, 0.4) is 0 Å². The Morgan fingerprint density at radius 2 is 1.16 bits per heavy atom. The maximum absolute atomic E-state index is 10.0. The number of hydrogen-bond donors (Lipinski definition) is 0. The van der Waals surface area contributed by atoms with Gasteiger partial charge in [-0.3, -0.25) is 0 Å². The Balaban J connectivity index is 1.23. The van der Waals surface area contributed by atoms with Crippen LogP contribution in [0.2, 0.25) is 0 Å². The predicted molar refractivity (Wildman–Crippen MR) is 201 cm³/mol. The highest BCUT2D eigenvalue weighted by molar-refractivity contribution is 5.18. The summed E-state index contributed by atoms with van der Waals surface area (Å²) in [7, 11) is 1.45. The first-order valence-corrected chi connectivity index (χ1v) is 18.5. The minimum absolute atomic E-state index is 0.0725. The standard InChI is InChI=1S/C41H44N6O9/c1-48-40-34(45-47-43)38(36-32(53-40)26-52-39(55-36)30-20-12-5-13-21-30)56-41-33(44-46-42)37(51-24-29-18-10-4-11-19-29)35(50-23-28-16-8-3-9-17-28)31(54-41)25-49-22-27-14-6-2-7-15-27/h2-21,31-41H,22-26H2,1H3/t31-,32-,33-,34-,35+,36+,37-,38-,39+,40-,41-/m1/s1. The van der Waals surface area contributed by atoms with Crippen molar-refractivity contribution in [3.8, 4) is 0 Å². The lowest BCUT2D eigenvalue weighted by Crippen LogP contribution is -2.66. The van der Waals surface area contributed by atoms with Gasteiger partial charge in [0.1, 0.15) is 48.7 Å². The minimum Gasteiger partial charge on any atom is -0.374 e. The Morgan fingerprint density at radius 3 is 1.73 bits per heavy atom. The molecule has 56 heavy (non-hydrogen) atoms. The number of benzene rings is 4. The molecule has 0 bridgehead atoms. The van der Waals surface area contributed by atoms with Crippen molar-refractivity contribution < 1.29 is 42.6 Å². The van der Waals surface area contributed by atoms with Crippen LogP contribution in [-0.4, -0.2) is 81.6 Å². The molecule has 0 aromatic heterocycles. The van der Waals surface area contributed by atoms with Gasteiger partial charge >= 0.3 is 0 Å². The third kappa shape index (κ3) is 9.74. The highest BCUT2D eigenvalue weighted by atomic mass is 16.8. The summed E-state index contributed by atoms with van der Waals surface area (Å²) < 4.78 is 57.6. The maximum atomic E-state index is 10.0. The van der Waals surface area contributed by atoms with Crippen LogP contribution < -0.4 is 0 Å². The van der Waals surface area contributed by atoms with Crippen molar-refractivity contribution in [1.29, 1.82) is 0 Å². The van der Waals surface area contributed by atoms with E-state index in [0.29, 0.717) is 6.61 Å². The largest absolute Gasteiger partial charge is 0.374 e. The number of ether oxygens (including phenoxy) is 9. The highest BCUT2D eigenvalue weighted by Gasteiger charge is 2.55. The molecule has 7 rings (SSSR count). The van der Waals surface area contributed by atoms with E-state index in [9.17, 15) is 11.1 Å². The van der Waals surface area contributed by atoms with E-state index in [1.54, 1.807) is 0 Å². The second-order valence-electron chi connectivity index (χ2n) is 13.5. The topological polar surface area (TPSA) is 181 Å². The Morgan fingerprint density at radius 1 is 0.625 bits per heavy atom. The molecular weight excluding hydrogens is 720 g/mol. The summed E-state index contributed by atoms with van der Waals surface area (Å²) in [6.07, 6.45) is -8.01. The summed E-state index contributed by atoms with van der Waals surface area (Å²) >= 11 is 0. The summed E-state index contributed by atoms with van der Waals surface area (Å²) in [6, 6.07) is 36.5. The van der Waals surface area contributed by atoms with Gasteiger partial charge in [-0.25, -0.2) is 0 Å². The van der Waals surface area contributed by atoms with Crippen LogP contribution in [0.4, 0.5) is 0 Å². The third-order valence-corrected chi connectivity index (χ3v) is 9.85. The zero-order valence-electron chi connectivity index (χ0n) is 30.8. The molecule has 0 saturated carbocycles. The van der Waals surface area contributed by atoms with E-state index in [0.717, 1.165) is 22.3 Å². The fraction of sp³-hybridized carbons (Fsp3) is 0.415. The Hall–Kier alpha value is -4.86. The van der Waals surface area contributed by atoms with Gasteiger partial charge in [0.05, 0.1) is 33.0 Å². The van der Waals surface area contributed by atoms with Crippen molar-refractivity contribution in [2.45, 2.75) is 87.4 Å². The van der Waals surface area contributed by atoms with Gasteiger partial charge < -0.3 is 42.6 Å². The van der Waals surface area contributed by atoms with E-state index in [2.05, 4.69) is 20.1 Å². The van der Waals surface area contributed by atoms with Crippen molar-refractivity contribution in [3.63, 3.8) is 0 Å². The Labute approximate surface area is 324 Å². The van der Waals surface area contributed by atoms with E-state index < -0.39 is 67.6 Å². The van der Waals surface area contributed by atoms with Crippen molar-refractivity contribution in [2.75, 3.05) is 20.3 Å². The van der Waals surface area contributed by atoms with Gasteiger partial charge in [0.25, 0.3) is 0 Å². The van der Waals surface area contributed by atoms with Crippen molar-refractivity contribution >= 4 is 0 Å². The summed E-state index contributed by atoms with van der Waals surface area (Å²) in [4.78, 5) is 6.33. The summed E-state index contributed by atoms with van der Waals surface area (Å²) in [6.45, 7) is 0.902. The van der Waals surface area contributed by atoms with Gasteiger partial charge in [-0.2, -0.15) is 0 Å². The molecule has 0 amide bonds. The molecule has 3 saturated heterocycles. The average Bonchev–Trinajstić information content (AvgIpc) is 3.25. The van der Waals surface area contributed by atoms with Crippen molar-refractivity contribution in [3.05, 3.63) is 164 Å². The molecule has 0 aliphatic carbocycles. The molecule has 15 heteroatoms. The maximum Gasteiger partial charge on any atom is 0.184 e. The van der Waals surface area contributed by atoms with Crippen molar-refractivity contribution in [1.82, 2.24) is 0 Å². The fourth-order valence-electron chi connectivity index (χ4n) is 7.14. The lowest BCUT2D eigenvalue weighted by molar-refractivity contribution is -0.368. The summed E-state index contributed by atoms with van der Waals surface area (Å²) in [5.74, 6) is 0. The molecular formula is C41H44N6O9. The molecule has 3 heterocycles. The number of nitrogens with zero attached hydrogens (tertiary/aromatic N) is 6. The zero-order chi connectivity index (χ0) is 38.5. The Bertz CT molecular complexity index is 1890. The molecule has 3 fully saturated rings. The van der Waals surface area contributed by atoms with Gasteiger partial charge in [0.2, 0.25) is 0 Å². The van der Waals surface area contributed by atoms with Crippen molar-refractivity contribution in [2.24, 2.45) is 10.2 Å². The zero-order valence-corrected chi connectivity index (χ0v) is 30.8. The molecule has 4 aromatic carbocycles. The van der Waals surface area contributed by atoms with Crippen LogP contribution >= 0.6 is 0 Å². The van der Waals surface area contributed by atoms with Crippen LogP contribution in [0, 0.1) is 0 Å². The molecule has 3 aliphatic rings. The monoisotopic (exact) mass is 764 g/mol. The minimum atomic E-state index is -1.26. The molecule has 15 nitrogen and oxygen atoms in total. The average molecular weight is 765 g/mol. The third-order valence-electron chi connectivity index (χ3n) is 9.85. The Kier molecular flexibility index (Phi) is 13.9. The van der Waals surface area contributed by atoms with Gasteiger partial charge in [-0.1, -0.05) is 132 Å². The smallest absolute Gasteiger partial charge is 0.184 e. The number of rotatable bonds is 16. The van der Waals surface area contributed by atoms with E-state index in [1.165, 1.54) is 7.11 Å². The fourth-order valence-corrected chi connectivity index (χ4v) is 7.14. The molecule has 3 aliphatic heterocycles. The lowest BCUT2D eigenvalue weighted by Gasteiger charge is -2.50. The molecule has 0 unspecified atom stereocenters. The molecule has 11 atom stereocenters. The van der Waals surface area contributed by atoms with Crippen LogP contribution in [0.1, 0.15) is 28.5 Å². The number of hydrogen-bond acceptors (Lipinski definition) is 11. The number of methoxy groups -OCH3 is 1. The van der Waals surface area contributed by atoms with E-state index in [-0.39, 0.29) is 26.4 Å². The SMILES string of the molecule is CO[C@@H]1O[C@@H]2CO[C@H](c3ccccc3)O[C@@H]2[C@H](O[C@H]2O[C@H](COCc3ccccc3)[C@H](OCc3ccccc3)[C@H](OCc3ccccc3)[C@H]2N=[N+]=[N-])[C@H]1N=[N+]=[N-]. The number of azide groups is 2. The summed E-state index contributed by atoms with van der Waals surface area (Å²) in [5, 5.41) is 8.28. The van der Waals surface area contributed by atoms with E-state index >= 15 is 0 Å². The first-order valence-electron chi connectivity index (χ1n) is 18.5. The second-order valence-corrected chi connectivity index (χ2v) is 13.5. The van der Waals surface area contributed by atoms with Gasteiger partial charge in [0.15, 0.2) is 18.9 Å². The van der Waals surface area contributed by atoms with Gasteiger partial charge in [-0.05, 0) is 27.8 Å². The second kappa shape index (κ2) is 19.8.